The van der Waals surface area contributed by atoms with E-state index in [1.165, 1.54) is 24.3 Å². The Bertz CT molecular complexity index is 994. The Balaban J connectivity index is 2.07. The summed E-state index contributed by atoms with van der Waals surface area (Å²) in [5.41, 5.74) is 0.934. The first-order valence-electron chi connectivity index (χ1n) is 6.14. The van der Waals surface area contributed by atoms with Crippen molar-refractivity contribution in [3.63, 3.8) is 0 Å². The molecule has 6 heteroatoms. The number of furan rings is 1. The maximum atomic E-state index is 13.2. The first-order chi connectivity index (χ1) is 9.93. The molecule has 2 heterocycles. The molecule has 2 aromatic carbocycles. The summed E-state index contributed by atoms with van der Waals surface area (Å²) in [5.74, 6) is -0.393. The second kappa shape index (κ2) is 3.78. The van der Waals surface area contributed by atoms with Gasteiger partial charge in [-0.15, -0.1) is 0 Å². The summed E-state index contributed by atoms with van der Waals surface area (Å²) < 4.78 is 56.8. The zero-order valence-electron chi connectivity index (χ0n) is 10.4. The molecule has 0 unspecified atom stereocenters. The molecule has 0 radical (unpaired) electrons. The lowest BCUT2D eigenvalue weighted by Gasteiger charge is -2.05. The van der Waals surface area contributed by atoms with Crippen LogP contribution in [0.5, 0.6) is 0 Å². The molecule has 0 amide bonds. The third kappa shape index (κ3) is 1.72. The van der Waals surface area contributed by atoms with Crippen LogP contribution in [-0.4, -0.2) is 4.98 Å². The fourth-order valence-corrected chi connectivity index (χ4v) is 2.54. The molecule has 0 aliphatic rings. The topological polar surface area (TPSA) is 28.9 Å². The Morgan fingerprint density at radius 3 is 2.48 bits per heavy atom. The van der Waals surface area contributed by atoms with Gasteiger partial charge in [-0.25, -0.2) is 4.39 Å². The Morgan fingerprint density at radius 1 is 0.952 bits per heavy atom. The van der Waals surface area contributed by atoms with Gasteiger partial charge in [-0.1, -0.05) is 0 Å². The van der Waals surface area contributed by atoms with Crippen LogP contribution >= 0.6 is 0 Å². The van der Waals surface area contributed by atoms with Crippen LogP contribution in [0.1, 0.15) is 5.56 Å². The van der Waals surface area contributed by atoms with Crippen LogP contribution in [0.4, 0.5) is 17.6 Å². The predicted octanol–water partition coefficient (Wildman–Crippen LogP) is 5.23. The third-order valence-electron chi connectivity index (χ3n) is 3.50. The quantitative estimate of drug-likeness (QED) is 0.442. The lowest BCUT2D eigenvalue weighted by atomic mass is 10.1. The van der Waals surface area contributed by atoms with E-state index in [9.17, 15) is 17.6 Å². The molecule has 4 aromatic rings. The second-order valence-corrected chi connectivity index (χ2v) is 4.83. The van der Waals surface area contributed by atoms with Crippen LogP contribution in [-0.2, 0) is 6.18 Å². The van der Waals surface area contributed by atoms with E-state index < -0.39 is 17.6 Å². The molecule has 0 bridgehead atoms. The summed E-state index contributed by atoms with van der Waals surface area (Å²) in [7, 11) is 0. The number of aromatic amines is 1. The zero-order chi connectivity index (χ0) is 14.8. The monoisotopic (exact) mass is 293 g/mol. The molecule has 0 saturated heterocycles. The number of hydrogen-bond acceptors (Lipinski definition) is 1. The molecule has 0 atom stereocenters. The van der Waals surface area contributed by atoms with E-state index in [0.717, 1.165) is 12.1 Å². The third-order valence-corrected chi connectivity index (χ3v) is 3.50. The van der Waals surface area contributed by atoms with Crippen LogP contribution in [0.15, 0.2) is 40.8 Å². The van der Waals surface area contributed by atoms with Crippen LogP contribution in [0.2, 0.25) is 0 Å². The lowest BCUT2D eigenvalue weighted by molar-refractivity contribution is -0.137. The van der Waals surface area contributed by atoms with Gasteiger partial charge in [0, 0.05) is 10.8 Å². The van der Waals surface area contributed by atoms with E-state index in [1.54, 1.807) is 0 Å². The van der Waals surface area contributed by atoms with Crippen molar-refractivity contribution in [3.8, 4) is 0 Å². The maximum absolute atomic E-state index is 13.2. The molecule has 106 valence electrons. The van der Waals surface area contributed by atoms with E-state index in [-0.39, 0.29) is 5.58 Å². The van der Waals surface area contributed by atoms with E-state index in [0.29, 0.717) is 27.4 Å². The summed E-state index contributed by atoms with van der Waals surface area (Å²) >= 11 is 0. The van der Waals surface area contributed by atoms with Crippen LogP contribution < -0.4 is 0 Å². The average molecular weight is 293 g/mol. The summed E-state index contributed by atoms with van der Waals surface area (Å²) in [6, 6.07) is 7.47. The summed E-state index contributed by atoms with van der Waals surface area (Å²) in [6.45, 7) is 0. The molecule has 0 aliphatic heterocycles. The average Bonchev–Trinajstić information content (AvgIpc) is 2.92. The van der Waals surface area contributed by atoms with Crippen molar-refractivity contribution in [1.29, 1.82) is 0 Å². The number of aromatic nitrogens is 1. The number of halogens is 4. The van der Waals surface area contributed by atoms with Gasteiger partial charge in [-0.2, -0.15) is 13.2 Å². The highest BCUT2D eigenvalue weighted by Gasteiger charge is 2.31. The van der Waals surface area contributed by atoms with Gasteiger partial charge < -0.3 is 9.40 Å². The molecule has 0 aliphatic carbocycles. The lowest BCUT2D eigenvalue weighted by Crippen LogP contribution is -2.03. The fourth-order valence-electron chi connectivity index (χ4n) is 2.54. The Labute approximate surface area is 115 Å². The Kier molecular flexibility index (Phi) is 2.21. The van der Waals surface area contributed by atoms with E-state index in [1.807, 2.05) is 0 Å². The number of fused-ring (bicyclic) bond motifs is 5. The van der Waals surface area contributed by atoms with Crippen LogP contribution in [0.25, 0.3) is 33.0 Å². The minimum Gasteiger partial charge on any atom is -0.454 e. The second-order valence-electron chi connectivity index (χ2n) is 4.83. The normalized spacial score (nSPS) is 12.8. The van der Waals surface area contributed by atoms with E-state index >= 15 is 0 Å². The molecule has 0 fully saturated rings. The molecule has 4 rings (SSSR count). The smallest absolute Gasteiger partial charge is 0.416 e. The number of H-pyrrole nitrogens is 1. The van der Waals surface area contributed by atoms with Crippen molar-refractivity contribution < 1.29 is 22.0 Å². The minimum absolute atomic E-state index is 0.150. The number of benzene rings is 2. The fraction of sp³-hybridized carbons (Fsp3) is 0.0667. The standard InChI is InChI=1S/C15H7F4NO/c16-8-2-4-9-11(6-8)20-13-10-3-1-7(15(17,18)19)5-12(10)21-14(9)13/h1-6,20H. The summed E-state index contributed by atoms with van der Waals surface area (Å²) in [6.07, 6.45) is -4.42. The van der Waals surface area contributed by atoms with Gasteiger partial charge in [0.2, 0.25) is 0 Å². The molecular formula is C15H7F4NO. The minimum atomic E-state index is -4.42. The maximum Gasteiger partial charge on any atom is 0.416 e. The molecule has 0 saturated carbocycles. The van der Waals surface area contributed by atoms with Gasteiger partial charge in [0.15, 0.2) is 5.58 Å². The zero-order valence-corrected chi connectivity index (χ0v) is 10.4. The van der Waals surface area contributed by atoms with Crippen molar-refractivity contribution in [2.24, 2.45) is 0 Å². The van der Waals surface area contributed by atoms with E-state index in [4.69, 9.17) is 4.42 Å². The number of alkyl halides is 3. The largest absolute Gasteiger partial charge is 0.454 e. The van der Waals surface area contributed by atoms with Gasteiger partial charge in [0.25, 0.3) is 0 Å². The molecule has 0 spiro atoms. The molecular weight excluding hydrogens is 286 g/mol. The van der Waals surface area contributed by atoms with Crippen molar-refractivity contribution in [2.75, 3.05) is 0 Å². The van der Waals surface area contributed by atoms with E-state index in [2.05, 4.69) is 4.98 Å². The predicted molar refractivity (Wildman–Crippen MR) is 70.5 cm³/mol. The van der Waals surface area contributed by atoms with Gasteiger partial charge in [-0.05, 0) is 36.4 Å². The number of hydrogen-bond donors (Lipinski definition) is 1. The van der Waals surface area contributed by atoms with Gasteiger partial charge in [-0.3, -0.25) is 0 Å². The van der Waals surface area contributed by atoms with Gasteiger partial charge in [0.05, 0.1) is 16.6 Å². The first-order valence-corrected chi connectivity index (χ1v) is 6.14. The highest BCUT2D eigenvalue weighted by atomic mass is 19.4. The SMILES string of the molecule is Fc1ccc2c(c1)[nH]c1c3ccc(C(F)(F)F)cc3oc21. The van der Waals surface area contributed by atoms with Crippen molar-refractivity contribution in [2.45, 2.75) is 6.18 Å². The highest BCUT2D eigenvalue weighted by Crippen LogP contribution is 2.37. The summed E-state index contributed by atoms with van der Waals surface area (Å²) in [5, 5.41) is 1.17. The van der Waals surface area contributed by atoms with Crippen molar-refractivity contribution >= 4 is 33.0 Å². The van der Waals surface area contributed by atoms with Gasteiger partial charge in [0.1, 0.15) is 11.4 Å². The van der Waals surface area contributed by atoms with Crippen molar-refractivity contribution in [1.82, 2.24) is 4.98 Å². The number of rotatable bonds is 0. The van der Waals surface area contributed by atoms with Gasteiger partial charge >= 0.3 is 6.18 Å². The molecule has 21 heavy (non-hydrogen) atoms. The highest BCUT2D eigenvalue weighted by molar-refractivity contribution is 6.14. The first kappa shape index (κ1) is 12.3. The van der Waals surface area contributed by atoms with Crippen molar-refractivity contribution in [3.05, 3.63) is 47.8 Å². The molecule has 2 nitrogen and oxygen atoms in total. The molecule has 1 N–H and O–H groups in total. The summed E-state index contributed by atoms with van der Waals surface area (Å²) in [4.78, 5) is 2.99. The Morgan fingerprint density at radius 2 is 1.71 bits per heavy atom. The Hall–Kier alpha value is -2.50. The molecule has 2 aromatic heterocycles. The van der Waals surface area contributed by atoms with Crippen LogP contribution in [0, 0.1) is 5.82 Å². The number of nitrogens with one attached hydrogen (secondary N) is 1. The van der Waals surface area contributed by atoms with Crippen LogP contribution in [0.3, 0.4) is 0 Å².